The molecule has 1 atom stereocenters. The van der Waals surface area contributed by atoms with E-state index < -0.39 is 6.10 Å². The van der Waals surface area contributed by atoms with Crippen LogP contribution in [0.5, 0.6) is 0 Å². The van der Waals surface area contributed by atoms with Gasteiger partial charge in [0.2, 0.25) is 0 Å². The summed E-state index contributed by atoms with van der Waals surface area (Å²) in [6, 6.07) is 5.54. The summed E-state index contributed by atoms with van der Waals surface area (Å²) in [6.45, 7) is 3.93. The monoisotopic (exact) mass is 312 g/mol. The first kappa shape index (κ1) is 15.4. The predicted molar refractivity (Wildman–Crippen MR) is 82.4 cm³/mol. The van der Waals surface area contributed by atoms with Gasteiger partial charge in [0.05, 0.1) is 22.5 Å². The molecular formula is C15H18Cl2N2O. The van der Waals surface area contributed by atoms with Gasteiger partial charge in [-0.1, -0.05) is 42.3 Å². The van der Waals surface area contributed by atoms with Crippen LogP contribution in [-0.4, -0.2) is 14.9 Å². The van der Waals surface area contributed by atoms with Crippen LogP contribution in [0.25, 0.3) is 0 Å². The lowest BCUT2D eigenvalue weighted by Gasteiger charge is -2.13. The molecule has 3 nitrogen and oxygen atoms in total. The first-order valence-corrected chi connectivity index (χ1v) is 7.34. The summed E-state index contributed by atoms with van der Waals surface area (Å²) in [7, 11) is 1.85. The van der Waals surface area contributed by atoms with Crippen LogP contribution in [0.2, 0.25) is 10.0 Å². The van der Waals surface area contributed by atoms with Crippen molar-refractivity contribution < 1.29 is 5.11 Å². The number of aromatic nitrogens is 2. The molecule has 0 aliphatic rings. The fourth-order valence-electron chi connectivity index (χ4n) is 2.22. The van der Waals surface area contributed by atoms with Gasteiger partial charge in [0, 0.05) is 18.5 Å². The Hall–Kier alpha value is -1.03. The Bertz CT molecular complexity index is 623. The van der Waals surface area contributed by atoms with Crippen LogP contribution in [0.15, 0.2) is 18.2 Å². The summed E-state index contributed by atoms with van der Waals surface area (Å²) in [4.78, 5) is 0. The van der Waals surface area contributed by atoms with Gasteiger partial charge < -0.3 is 5.11 Å². The third kappa shape index (κ3) is 3.00. The van der Waals surface area contributed by atoms with Gasteiger partial charge in [0.15, 0.2) is 0 Å². The number of rotatable bonds is 4. The van der Waals surface area contributed by atoms with E-state index in [0.717, 1.165) is 28.9 Å². The second-order valence-corrected chi connectivity index (χ2v) is 5.70. The topological polar surface area (TPSA) is 38.0 Å². The number of benzene rings is 1. The number of aliphatic hydroxyl groups excluding tert-OH is 1. The Labute approximate surface area is 129 Å². The zero-order chi connectivity index (χ0) is 14.9. The third-order valence-electron chi connectivity index (χ3n) is 3.46. The minimum absolute atomic E-state index is 0.434. The normalized spacial score (nSPS) is 12.7. The number of halogens is 2. The maximum absolute atomic E-state index is 10.4. The molecule has 20 heavy (non-hydrogen) atoms. The molecule has 0 spiro atoms. The van der Waals surface area contributed by atoms with Gasteiger partial charge in [0.25, 0.3) is 0 Å². The highest BCUT2D eigenvalue weighted by Gasteiger charge is 2.18. The average Bonchev–Trinajstić information content (AvgIpc) is 2.69. The second kappa shape index (κ2) is 6.17. The molecular weight excluding hydrogens is 295 g/mol. The Morgan fingerprint density at radius 2 is 2.05 bits per heavy atom. The smallest absolute Gasteiger partial charge is 0.0850 e. The molecule has 108 valence electrons. The molecule has 2 rings (SSSR count). The Morgan fingerprint density at radius 3 is 2.60 bits per heavy atom. The van der Waals surface area contributed by atoms with Gasteiger partial charge in [-0.3, -0.25) is 4.68 Å². The highest BCUT2D eigenvalue weighted by molar-refractivity contribution is 6.32. The van der Waals surface area contributed by atoms with E-state index in [1.807, 2.05) is 33.0 Å². The molecule has 1 heterocycles. The van der Waals surface area contributed by atoms with Gasteiger partial charge >= 0.3 is 0 Å². The van der Waals surface area contributed by atoms with E-state index in [9.17, 15) is 5.11 Å². The molecule has 0 saturated heterocycles. The van der Waals surface area contributed by atoms with Crippen molar-refractivity contribution in [2.24, 2.45) is 7.05 Å². The number of nitrogens with zero attached hydrogens (tertiary/aromatic N) is 2. The van der Waals surface area contributed by atoms with E-state index in [0.29, 0.717) is 16.5 Å². The van der Waals surface area contributed by atoms with Crippen molar-refractivity contribution in [3.63, 3.8) is 0 Å². The molecule has 5 heteroatoms. The van der Waals surface area contributed by atoms with Gasteiger partial charge in [-0.2, -0.15) is 5.10 Å². The van der Waals surface area contributed by atoms with Gasteiger partial charge in [-0.25, -0.2) is 0 Å². The molecule has 0 aliphatic heterocycles. The summed E-state index contributed by atoms with van der Waals surface area (Å²) in [5.41, 5.74) is 3.50. The van der Waals surface area contributed by atoms with E-state index in [4.69, 9.17) is 23.2 Å². The molecule has 0 amide bonds. The van der Waals surface area contributed by atoms with Crippen LogP contribution in [0.1, 0.15) is 35.5 Å². The summed E-state index contributed by atoms with van der Waals surface area (Å²) in [5.74, 6) is 0. The number of aryl methyl sites for hydroxylation is 3. The van der Waals surface area contributed by atoms with Crippen LogP contribution >= 0.6 is 23.2 Å². The zero-order valence-corrected chi connectivity index (χ0v) is 13.3. The van der Waals surface area contributed by atoms with E-state index in [1.54, 1.807) is 10.7 Å². The Balaban J connectivity index is 2.25. The quantitative estimate of drug-likeness (QED) is 0.930. The molecule has 1 aromatic carbocycles. The van der Waals surface area contributed by atoms with Crippen LogP contribution in [0.3, 0.4) is 0 Å². The lowest BCUT2D eigenvalue weighted by atomic mass is 10.0. The van der Waals surface area contributed by atoms with Crippen molar-refractivity contribution in [2.45, 2.75) is 32.8 Å². The van der Waals surface area contributed by atoms with Gasteiger partial charge in [-0.05, 0) is 30.5 Å². The molecule has 1 N–H and O–H groups in total. The molecule has 0 fully saturated rings. The third-order valence-corrected chi connectivity index (χ3v) is 4.32. The minimum Gasteiger partial charge on any atom is -0.388 e. The summed E-state index contributed by atoms with van der Waals surface area (Å²) >= 11 is 12.3. The fourth-order valence-corrected chi connectivity index (χ4v) is 2.71. The van der Waals surface area contributed by atoms with Crippen molar-refractivity contribution >= 4 is 23.2 Å². The maximum Gasteiger partial charge on any atom is 0.0850 e. The highest BCUT2D eigenvalue weighted by Crippen LogP contribution is 2.27. The molecule has 0 radical (unpaired) electrons. The van der Waals surface area contributed by atoms with Crippen LogP contribution < -0.4 is 0 Å². The number of hydrogen-bond acceptors (Lipinski definition) is 2. The van der Waals surface area contributed by atoms with Crippen molar-refractivity contribution in [3.8, 4) is 0 Å². The van der Waals surface area contributed by atoms with Crippen LogP contribution in [0.4, 0.5) is 0 Å². The van der Waals surface area contributed by atoms with Crippen LogP contribution in [0, 0.1) is 6.92 Å². The lowest BCUT2D eigenvalue weighted by Crippen LogP contribution is -2.07. The molecule has 2 aromatic rings. The summed E-state index contributed by atoms with van der Waals surface area (Å²) < 4.78 is 1.74. The molecule has 1 aromatic heterocycles. The van der Waals surface area contributed by atoms with E-state index in [1.165, 1.54) is 0 Å². The standard InChI is InChI=1S/C15H18Cl2N2O/c1-4-12-15(17)13(19(3)18-12)8-14(20)10-5-6-11(16)9(2)7-10/h5-7,14,20H,4,8H2,1-3H3. The SMILES string of the molecule is CCc1nn(C)c(CC(O)c2ccc(Cl)c(C)c2)c1Cl. The highest BCUT2D eigenvalue weighted by atomic mass is 35.5. The first-order chi connectivity index (χ1) is 9.43. The largest absolute Gasteiger partial charge is 0.388 e. The first-order valence-electron chi connectivity index (χ1n) is 6.58. The predicted octanol–water partition coefficient (Wildman–Crippen LogP) is 3.87. The van der Waals surface area contributed by atoms with Gasteiger partial charge in [-0.15, -0.1) is 0 Å². The number of hydrogen-bond donors (Lipinski definition) is 1. The Morgan fingerprint density at radius 1 is 1.35 bits per heavy atom. The maximum atomic E-state index is 10.4. The van der Waals surface area contributed by atoms with E-state index >= 15 is 0 Å². The van der Waals surface area contributed by atoms with Crippen LogP contribution in [-0.2, 0) is 19.9 Å². The van der Waals surface area contributed by atoms with E-state index in [-0.39, 0.29) is 0 Å². The molecule has 0 bridgehead atoms. The Kier molecular flexibility index (Phi) is 4.74. The molecule has 0 aliphatic carbocycles. The summed E-state index contributed by atoms with van der Waals surface area (Å²) in [6.07, 6.45) is 0.593. The number of aliphatic hydroxyl groups is 1. The zero-order valence-electron chi connectivity index (χ0n) is 11.8. The van der Waals surface area contributed by atoms with Crippen molar-refractivity contribution in [1.82, 2.24) is 9.78 Å². The van der Waals surface area contributed by atoms with Crippen molar-refractivity contribution in [2.75, 3.05) is 0 Å². The van der Waals surface area contributed by atoms with Gasteiger partial charge in [0.1, 0.15) is 0 Å². The second-order valence-electron chi connectivity index (χ2n) is 4.91. The van der Waals surface area contributed by atoms with E-state index in [2.05, 4.69) is 5.10 Å². The van der Waals surface area contributed by atoms with Crippen molar-refractivity contribution in [3.05, 3.63) is 50.8 Å². The molecule has 0 saturated carbocycles. The average molecular weight is 313 g/mol. The van der Waals surface area contributed by atoms with Crippen molar-refractivity contribution in [1.29, 1.82) is 0 Å². The lowest BCUT2D eigenvalue weighted by molar-refractivity contribution is 0.176. The molecule has 1 unspecified atom stereocenters. The summed E-state index contributed by atoms with van der Waals surface area (Å²) in [5, 5.41) is 16.1. The minimum atomic E-state index is -0.622. The fraction of sp³-hybridized carbons (Fsp3) is 0.400.